The van der Waals surface area contributed by atoms with Crippen LogP contribution in [0.1, 0.15) is 11.1 Å². The average Bonchev–Trinajstić information content (AvgIpc) is 2.44. The number of aryl methyl sites for hydroxylation is 1. The Labute approximate surface area is 146 Å². The van der Waals surface area contributed by atoms with Crippen molar-refractivity contribution in [1.29, 1.82) is 0 Å². The second-order valence-corrected chi connectivity index (χ2v) is 6.88. The number of hydrogen-bond donors (Lipinski definition) is 2. The van der Waals surface area contributed by atoms with Gasteiger partial charge in [0.25, 0.3) is 0 Å². The van der Waals surface area contributed by atoms with Gasteiger partial charge in [-0.2, -0.15) is 0 Å². The van der Waals surface area contributed by atoms with Gasteiger partial charge in [0.15, 0.2) is 0 Å². The van der Waals surface area contributed by atoms with Gasteiger partial charge in [-0.15, -0.1) is 0 Å². The van der Waals surface area contributed by atoms with Crippen molar-refractivity contribution < 1.29 is 4.79 Å². The Kier molecular flexibility index (Phi) is 6.05. The molecule has 0 unspecified atom stereocenters. The molecule has 2 aromatic rings. The quantitative estimate of drug-likeness (QED) is 0.639. The number of nitrogens with one attached hydrogen (secondary N) is 2. The lowest BCUT2D eigenvalue weighted by molar-refractivity contribution is 0.252. The standard InChI is InChI=1S/C16H16BrIN2O/c1-11-10-14(18)6-7-15(11)20-16(21)19-9-8-12-2-4-13(17)5-3-12/h2-7,10H,8-9H2,1H3,(H2,19,20,21). The van der Waals surface area contributed by atoms with Gasteiger partial charge in [0.2, 0.25) is 0 Å². The molecule has 2 rings (SSSR count). The van der Waals surface area contributed by atoms with E-state index in [2.05, 4.69) is 49.2 Å². The highest BCUT2D eigenvalue weighted by Gasteiger charge is 2.04. The predicted octanol–water partition coefficient (Wildman–Crippen LogP) is 4.73. The van der Waals surface area contributed by atoms with Crippen molar-refractivity contribution >= 4 is 50.2 Å². The maximum Gasteiger partial charge on any atom is 0.319 e. The predicted molar refractivity (Wildman–Crippen MR) is 98.8 cm³/mol. The number of carbonyl (C=O) groups is 1. The van der Waals surface area contributed by atoms with Gasteiger partial charge < -0.3 is 10.6 Å². The highest BCUT2D eigenvalue weighted by Crippen LogP contribution is 2.17. The fraction of sp³-hybridized carbons (Fsp3) is 0.188. The number of halogens is 2. The lowest BCUT2D eigenvalue weighted by Gasteiger charge is -2.10. The Morgan fingerprint density at radius 2 is 1.90 bits per heavy atom. The molecule has 2 aromatic carbocycles. The van der Waals surface area contributed by atoms with Crippen LogP contribution in [-0.2, 0) is 6.42 Å². The minimum atomic E-state index is -0.170. The first-order chi connectivity index (χ1) is 10.0. The van der Waals surface area contributed by atoms with Gasteiger partial charge in [0, 0.05) is 20.3 Å². The number of urea groups is 1. The van der Waals surface area contributed by atoms with Gasteiger partial charge in [0.05, 0.1) is 0 Å². The highest BCUT2D eigenvalue weighted by molar-refractivity contribution is 14.1. The minimum Gasteiger partial charge on any atom is -0.338 e. The van der Waals surface area contributed by atoms with Gasteiger partial charge in [-0.3, -0.25) is 0 Å². The van der Waals surface area contributed by atoms with Crippen LogP contribution in [0.2, 0.25) is 0 Å². The van der Waals surface area contributed by atoms with E-state index in [4.69, 9.17) is 0 Å². The lowest BCUT2D eigenvalue weighted by atomic mass is 10.1. The zero-order valence-electron chi connectivity index (χ0n) is 11.6. The Morgan fingerprint density at radius 1 is 1.19 bits per heavy atom. The Hall–Kier alpha value is -1.08. The SMILES string of the molecule is Cc1cc(I)ccc1NC(=O)NCCc1ccc(Br)cc1. The van der Waals surface area contributed by atoms with Crippen LogP contribution in [0.15, 0.2) is 46.9 Å². The number of benzene rings is 2. The topological polar surface area (TPSA) is 41.1 Å². The van der Waals surface area contributed by atoms with Crippen molar-refractivity contribution in [3.63, 3.8) is 0 Å². The fourth-order valence-electron chi connectivity index (χ4n) is 1.91. The summed E-state index contributed by atoms with van der Waals surface area (Å²) in [6, 6.07) is 13.9. The molecule has 0 radical (unpaired) electrons. The van der Waals surface area contributed by atoms with E-state index < -0.39 is 0 Å². The molecular weight excluding hydrogens is 443 g/mol. The number of anilines is 1. The van der Waals surface area contributed by atoms with Crippen molar-refractivity contribution in [1.82, 2.24) is 5.32 Å². The van der Waals surface area contributed by atoms with Crippen LogP contribution in [0.25, 0.3) is 0 Å². The summed E-state index contributed by atoms with van der Waals surface area (Å²) >= 11 is 5.66. The summed E-state index contributed by atoms with van der Waals surface area (Å²) in [5.41, 5.74) is 3.10. The molecule has 110 valence electrons. The minimum absolute atomic E-state index is 0.170. The molecule has 0 fully saturated rings. The van der Waals surface area contributed by atoms with Crippen molar-refractivity contribution in [2.45, 2.75) is 13.3 Å². The third-order valence-corrected chi connectivity index (χ3v) is 4.25. The number of rotatable bonds is 4. The second-order valence-electron chi connectivity index (χ2n) is 4.72. The largest absolute Gasteiger partial charge is 0.338 e. The zero-order chi connectivity index (χ0) is 15.2. The van der Waals surface area contributed by atoms with Gasteiger partial charge in [-0.25, -0.2) is 4.79 Å². The van der Waals surface area contributed by atoms with E-state index in [0.717, 1.165) is 25.7 Å². The Balaban J connectivity index is 1.81. The molecule has 0 aromatic heterocycles. The van der Waals surface area contributed by atoms with E-state index >= 15 is 0 Å². The van der Waals surface area contributed by atoms with Gasteiger partial charge in [0.1, 0.15) is 0 Å². The summed E-state index contributed by atoms with van der Waals surface area (Å²) in [5.74, 6) is 0. The molecule has 5 heteroatoms. The van der Waals surface area contributed by atoms with E-state index in [-0.39, 0.29) is 6.03 Å². The van der Waals surface area contributed by atoms with Crippen molar-refractivity contribution in [3.05, 3.63) is 61.6 Å². The van der Waals surface area contributed by atoms with Crippen LogP contribution in [-0.4, -0.2) is 12.6 Å². The number of hydrogen-bond acceptors (Lipinski definition) is 1. The van der Waals surface area contributed by atoms with Crippen LogP contribution in [0.4, 0.5) is 10.5 Å². The highest BCUT2D eigenvalue weighted by atomic mass is 127. The molecule has 0 bridgehead atoms. The molecule has 21 heavy (non-hydrogen) atoms. The van der Waals surface area contributed by atoms with E-state index in [1.807, 2.05) is 49.4 Å². The Morgan fingerprint density at radius 3 is 2.57 bits per heavy atom. The third kappa shape index (κ3) is 5.32. The van der Waals surface area contributed by atoms with E-state index in [0.29, 0.717) is 6.54 Å². The molecule has 3 nitrogen and oxygen atoms in total. The van der Waals surface area contributed by atoms with E-state index in [1.54, 1.807) is 0 Å². The number of carbonyl (C=O) groups excluding carboxylic acids is 1. The first-order valence-corrected chi connectivity index (χ1v) is 8.47. The number of amides is 2. The summed E-state index contributed by atoms with van der Waals surface area (Å²) in [4.78, 5) is 11.9. The third-order valence-electron chi connectivity index (χ3n) is 3.05. The average molecular weight is 459 g/mol. The molecule has 0 aliphatic carbocycles. The molecule has 2 amide bonds. The molecule has 2 N–H and O–H groups in total. The smallest absolute Gasteiger partial charge is 0.319 e. The normalized spacial score (nSPS) is 10.2. The van der Waals surface area contributed by atoms with Crippen LogP contribution in [0.3, 0.4) is 0 Å². The maximum absolute atomic E-state index is 11.9. The van der Waals surface area contributed by atoms with Crippen molar-refractivity contribution in [2.75, 3.05) is 11.9 Å². The molecular formula is C16H16BrIN2O. The summed E-state index contributed by atoms with van der Waals surface area (Å²) in [6.45, 7) is 2.59. The summed E-state index contributed by atoms with van der Waals surface area (Å²) in [6.07, 6.45) is 0.812. The molecule has 0 aliphatic rings. The van der Waals surface area contributed by atoms with Crippen LogP contribution < -0.4 is 10.6 Å². The van der Waals surface area contributed by atoms with Crippen LogP contribution >= 0.6 is 38.5 Å². The Bertz CT molecular complexity index is 629. The summed E-state index contributed by atoms with van der Waals surface area (Å²) in [7, 11) is 0. The summed E-state index contributed by atoms with van der Waals surface area (Å²) in [5, 5.41) is 5.74. The molecule has 0 aliphatic heterocycles. The monoisotopic (exact) mass is 458 g/mol. The first-order valence-electron chi connectivity index (χ1n) is 6.60. The summed E-state index contributed by atoms with van der Waals surface area (Å²) < 4.78 is 2.22. The molecule has 0 spiro atoms. The van der Waals surface area contributed by atoms with Crippen molar-refractivity contribution in [3.8, 4) is 0 Å². The molecule has 0 heterocycles. The molecule has 0 saturated heterocycles. The van der Waals surface area contributed by atoms with Gasteiger partial charge in [-0.1, -0.05) is 28.1 Å². The van der Waals surface area contributed by atoms with Crippen molar-refractivity contribution in [2.24, 2.45) is 0 Å². The first kappa shape index (κ1) is 16.3. The van der Waals surface area contributed by atoms with Crippen LogP contribution in [0, 0.1) is 10.5 Å². The van der Waals surface area contributed by atoms with Gasteiger partial charge in [-0.05, 0) is 77.4 Å². The van der Waals surface area contributed by atoms with E-state index in [1.165, 1.54) is 5.56 Å². The molecule has 0 saturated carbocycles. The van der Waals surface area contributed by atoms with Gasteiger partial charge >= 0.3 is 6.03 Å². The van der Waals surface area contributed by atoms with Crippen LogP contribution in [0.5, 0.6) is 0 Å². The maximum atomic E-state index is 11.9. The fourth-order valence-corrected chi connectivity index (χ4v) is 2.82. The zero-order valence-corrected chi connectivity index (χ0v) is 15.4. The lowest BCUT2D eigenvalue weighted by Crippen LogP contribution is -2.30. The molecule has 0 atom stereocenters. The second kappa shape index (κ2) is 7.79. The van der Waals surface area contributed by atoms with E-state index in [9.17, 15) is 4.79 Å².